The van der Waals surface area contributed by atoms with Crippen molar-refractivity contribution in [3.05, 3.63) is 47.0 Å². The summed E-state index contributed by atoms with van der Waals surface area (Å²) in [6, 6.07) is 5.00. The van der Waals surface area contributed by atoms with Crippen LogP contribution in [0.4, 0.5) is 9.18 Å². The highest BCUT2D eigenvalue weighted by atomic mass is 19.1. The number of hydrogen-bond donors (Lipinski definition) is 2. The second-order valence-corrected chi connectivity index (χ2v) is 6.66. The van der Waals surface area contributed by atoms with Gasteiger partial charge in [-0.1, -0.05) is 13.8 Å². The molecule has 0 radical (unpaired) electrons. The highest BCUT2D eigenvalue weighted by molar-refractivity contribution is 5.97. The van der Waals surface area contributed by atoms with Gasteiger partial charge in [0, 0.05) is 6.54 Å². The van der Waals surface area contributed by atoms with Crippen molar-refractivity contribution in [1.82, 2.24) is 20.4 Å². The Balaban J connectivity index is 2.00. The summed E-state index contributed by atoms with van der Waals surface area (Å²) in [6.07, 6.45) is 0. The van der Waals surface area contributed by atoms with Crippen LogP contribution in [0.2, 0.25) is 0 Å². The quantitative estimate of drug-likeness (QED) is 0.737. The molecular formula is C19H23FN4O4. The molecule has 0 fully saturated rings. The summed E-state index contributed by atoms with van der Waals surface area (Å²) in [4.78, 5) is 35.7. The van der Waals surface area contributed by atoms with E-state index in [-0.39, 0.29) is 17.3 Å². The number of hydrogen-bond acceptors (Lipinski definition) is 5. The summed E-state index contributed by atoms with van der Waals surface area (Å²) in [6.45, 7) is 6.94. The highest BCUT2D eigenvalue weighted by Crippen LogP contribution is 2.19. The number of amides is 3. The number of carbonyl (C=O) groups is 3. The molecule has 1 aromatic carbocycles. The minimum Gasteiger partial charge on any atom is -0.452 e. The molecule has 0 saturated carbocycles. The summed E-state index contributed by atoms with van der Waals surface area (Å²) in [5.41, 5.74) is 1.69. The standard InChI is InChI=1S/C19H23FN4O4/c1-11(2)9-21-19(27)22-16(25)10-28-18(26)17-12(3)23-24(13(17)4)15-7-5-14(20)6-8-15/h5-8,11H,9-10H2,1-4H3,(H2,21,22,25,27). The zero-order valence-electron chi connectivity index (χ0n) is 16.2. The summed E-state index contributed by atoms with van der Waals surface area (Å²) >= 11 is 0. The fourth-order valence-electron chi connectivity index (χ4n) is 2.48. The van der Waals surface area contributed by atoms with E-state index >= 15 is 0 Å². The fraction of sp³-hybridized carbons (Fsp3) is 0.368. The van der Waals surface area contributed by atoms with Crippen molar-refractivity contribution in [2.45, 2.75) is 27.7 Å². The Morgan fingerprint density at radius 1 is 1.18 bits per heavy atom. The predicted molar refractivity (Wildman–Crippen MR) is 99.7 cm³/mol. The molecule has 0 aliphatic carbocycles. The largest absolute Gasteiger partial charge is 0.452 e. The second kappa shape index (κ2) is 9.12. The lowest BCUT2D eigenvalue weighted by Crippen LogP contribution is -2.42. The number of nitrogens with zero attached hydrogens (tertiary/aromatic N) is 2. The Hall–Kier alpha value is -3.23. The zero-order valence-corrected chi connectivity index (χ0v) is 16.2. The van der Waals surface area contributed by atoms with E-state index in [1.165, 1.54) is 28.9 Å². The van der Waals surface area contributed by atoms with E-state index in [4.69, 9.17) is 4.74 Å². The molecule has 150 valence electrons. The lowest BCUT2D eigenvalue weighted by Gasteiger charge is -2.09. The molecule has 8 nitrogen and oxygen atoms in total. The maximum atomic E-state index is 13.1. The maximum absolute atomic E-state index is 13.1. The Labute approximate surface area is 162 Å². The normalized spacial score (nSPS) is 10.6. The van der Waals surface area contributed by atoms with Gasteiger partial charge in [-0.3, -0.25) is 10.1 Å². The third-order valence-electron chi connectivity index (χ3n) is 3.82. The van der Waals surface area contributed by atoms with Crippen LogP contribution in [0.15, 0.2) is 24.3 Å². The van der Waals surface area contributed by atoms with Crippen LogP contribution in [-0.2, 0) is 9.53 Å². The maximum Gasteiger partial charge on any atom is 0.342 e. The van der Waals surface area contributed by atoms with Crippen molar-refractivity contribution in [2.24, 2.45) is 5.92 Å². The van der Waals surface area contributed by atoms with Crippen molar-refractivity contribution in [2.75, 3.05) is 13.2 Å². The van der Waals surface area contributed by atoms with E-state index in [0.717, 1.165) is 0 Å². The first kappa shape index (κ1) is 21.1. The summed E-state index contributed by atoms with van der Waals surface area (Å²) in [5, 5.41) is 8.89. The average Bonchev–Trinajstić information content (AvgIpc) is 2.93. The average molecular weight is 390 g/mol. The van der Waals surface area contributed by atoms with Crippen molar-refractivity contribution in [1.29, 1.82) is 0 Å². The van der Waals surface area contributed by atoms with Crippen molar-refractivity contribution in [3.63, 3.8) is 0 Å². The SMILES string of the molecule is Cc1nn(-c2ccc(F)cc2)c(C)c1C(=O)OCC(=O)NC(=O)NCC(C)C. The number of nitrogens with one attached hydrogen (secondary N) is 2. The molecule has 2 aromatic rings. The Bertz CT molecular complexity index is 875. The van der Waals surface area contributed by atoms with Gasteiger partial charge in [0.25, 0.3) is 5.91 Å². The van der Waals surface area contributed by atoms with Gasteiger partial charge in [-0.25, -0.2) is 18.7 Å². The summed E-state index contributed by atoms with van der Waals surface area (Å²) < 4.78 is 19.6. The number of rotatable bonds is 6. The predicted octanol–water partition coefficient (Wildman–Crippen LogP) is 2.27. The number of esters is 1. The van der Waals surface area contributed by atoms with Crippen LogP contribution in [0.1, 0.15) is 35.6 Å². The Morgan fingerprint density at radius 2 is 1.82 bits per heavy atom. The third-order valence-corrected chi connectivity index (χ3v) is 3.82. The van der Waals surface area contributed by atoms with Crippen LogP contribution >= 0.6 is 0 Å². The van der Waals surface area contributed by atoms with Gasteiger partial charge in [-0.05, 0) is 44.0 Å². The Morgan fingerprint density at radius 3 is 2.43 bits per heavy atom. The van der Waals surface area contributed by atoms with E-state index in [0.29, 0.717) is 23.6 Å². The smallest absolute Gasteiger partial charge is 0.342 e. The first-order valence-corrected chi connectivity index (χ1v) is 8.76. The molecule has 2 rings (SSSR count). The number of aryl methyl sites for hydroxylation is 1. The molecule has 0 unspecified atom stereocenters. The van der Waals surface area contributed by atoms with Crippen molar-refractivity contribution in [3.8, 4) is 5.69 Å². The molecule has 0 bridgehead atoms. The molecule has 0 atom stereocenters. The molecule has 9 heteroatoms. The number of carbonyl (C=O) groups excluding carboxylic acids is 3. The molecule has 3 amide bonds. The van der Waals surface area contributed by atoms with Gasteiger partial charge in [-0.2, -0.15) is 5.10 Å². The summed E-state index contributed by atoms with van der Waals surface area (Å²) in [7, 11) is 0. The van der Waals surface area contributed by atoms with Gasteiger partial charge in [0.2, 0.25) is 0 Å². The lowest BCUT2D eigenvalue weighted by molar-refractivity contribution is -0.123. The zero-order chi connectivity index (χ0) is 20.8. The molecule has 1 aromatic heterocycles. The van der Waals surface area contributed by atoms with Gasteiger partial charge in [-0.15, -0.1) is 0 Å². The minimum atomic E-state index is -0.740. The van der Waals surface area contributed by atoms with Crippen LogP contribution in [0.5, 0.6) is 0 Å². The molecular weight excluding hydrogens is 367 g/mol. The van der Waals surface area contributed by atoms with Crippen LogP contribution in [-0.4, -0.2) is 40.8 Å². The number of aromatic nitrogens is 2. The van der Waals surface area contributed by atoms with Crippen LogP contribution in [0.25, 0.3) is 5.69 Å². The van der Waals surface area contributed by atoms with Gasteiger partial charge in [0.15, 0.2) is 6.61 Å². The number of imide groups is 1. The van der Waals surface area contributed by atoms with Gasteiger partial charge in [0.1, 0.15) is 11.4 Å². The molecule has 0 aliphatic rings. The van der Waals surface area contributed by atoms with E-state index in [9.17, 15) is 18.8 Å². The molecule has 0 saturated heterocycles. The number of urea groups is 1. The highest BCUT2D eigenvalue weighted by Gasteiger charge is 2.22. The molecule has 0 spiro atoms. The van der Waals surface area contributed by atoms with Gasteiger partial charge < -0.3 is 10.1 Å². The molecule has 2 N–H and O–H groups in total. The monoisotopic (exact) mass is 390 g/mol. The number of ether oxygens (including phenoxy) is 1. The van der Waals surface area contributed by atoms with Crippen molar-refractivity contribution >= 4 is 17.9 Å². The molecule has 0 aliphatic heterocycles. The molecule has 28 heavy (non-hydrogen) atoms. The van der Waals surface area contributed by atoms with E-state index in [1.54, 1.807) is 13.8 Å². The van der Waals surface area contributed by atoms with Crippen LogP contribution < -0.4 is 10.6 Å². The van der Waals surface area contributed by atoms with Crippen LogP contribution in [0.3, 0.4) is 0 Å². The van der Waals surface area contributed by atoms with Gasteiger partial charge in [0.05, 0.1) is 17.1 Å². The third kappa shape index (κ3) is 5.38. The Kier molecular flexibility index (Phi) is 6.86. The fourth-order valence-corrected chi connectivity index (χ4v) is 2.48. The summed E-state index contributed by atoms with van der Waals surface area (Å²) in [5.74, 6) is -1.62. The van der Waals surface area contributed by atoms with E-state index < -0.39 is 24.5 Å². The number of benzene rings is 1. The first-order valence-electron chi connectivity index (χ1n) is 8.76. The van der Waals surface area contributed by atoms with E-state index in [2.05, 4.69) is 15.7 Å². The molecule has 1 heterocycles. The second-order valence-electron chi connectivity index (χ2n) is 6.66. The first-order chi connectivity index (χ1) is 13.2. The topological polar surface area (TPSA) is 102 Å². The number of halogens is 1. The van der Waals surface area contributed by atoms with E-state index in [1.807, 2.05) is 13.8 Å². The minimum absolute atomic E-state index is 0.210. The lowest BCUT2D eigenvalue weighted by atomic mass is 10.2. The van der Waals surface area contributed by atoms with Crippen molar-refractivity contribution < 1.29 is 23.5 Å². The van der Waals surface area contributed by atoms with Crippen LogP contribution in [0, 0.1) is 25.6 Å². The van der Waals surface area contributed by atoms with Gasteiger partial charge >= 0.3 is 12.0 Å².